The lowest BCUT2D eigenvalue weighted by molar-refractivity contribution is 0.0978. The summed E-state index contributed by atoms with van der Waals surface area (Å²) in [5, 5.41) is 1.56. The van der Waals surface area contributed by atoms with Gasteiger partial charge in [0.1, 0.15) is 11.5 Å². The van der Waals surface area contributed by atoms with Crippen molar-refractivity contribution in [2.24, 2.45) is 0 Å². The number of nitrogens with one attached hydrogen (secondary N) is 1. The largest absolute Gasteiger partial charge is 0.360 e. The van der Waals surface area contributed by atoms with E-state index in [9.17, 15) is 14.0 Å². The number of ketones is 1. The van der Waals surface area contributed by atoms with E-state index in [0.717, 1.165) is 43.7 Å². The van der Waals surface area contributed by atoms with E-state index < -0.39 is 0 Å². The molecule has 5 nitrogen and oxygen atoms in total. The van der Waals surface area contributed by atoms with E-state index in [1.165, 1.54) is 17.4 Å². The third kappa shape index (κ3) is 4.94. The molecule has 4 heterocycles. The summed E-state index contributed by atoms with van der Waals surface area (Å²) in [6.45, 7) is 2.24. The lowest BCUT2D eigenvalue weighted by Gasteiger charge is -2.23. The van der Waals surface area contributed by atoms with Gasteiger partial charge < -0.3 is 9.88 Å². The van der Waals surface area contributed by atoms with Crippen molar-refractivity contribution in [1.82, 2.24) is 9.97 Å². The van der Waals surface area contributed by atoms with Crippen LogP contribution in [0.3, 0.4) is 0 Å². The molecule has 8 heteroatoms. The summed E-state index contributed by atoms with van der Waals surface area (Å²) in [4.78, 5) is 38.6. The predicted octanol–water partition coefficient (Wildman–Crippen LogP) is 8.69. The molecule has 1 aliphatic rings. The van der Waals surface area contributed by atoms with Crippen LogP contribution in [0.4, 0.5) is 10.1 Å². The lowest BCUT2D eigenvalue weighted by atomic mass is 10.0. The van der Waals surface area contributed by atoms with Crippen molar-refractivity contribution in [1.29, 1.82) is 0 Å². The van der Waals surface area contributed by atoms with Crippen molar-refractivity contribution < 1.29 is 14.0 Å². The van der Waals surface area contributed by atoms with Crippen LogP contribution in [-0.4, -0.2) is 28.2 Å². The molecule has 3 aromatic heterocycles. The number of aryl methyl sites for hydroxylation is 1. The first-order chi connectivity index (χ1) is 20.9. The van der Waals surface area contributed by atoms with E-state index in [1.54, 1.807) is 17.0 Å². The van der Waals surface area contributed by atoms with Gasteiger partial charge in [0.15, 0.2) is 5.78 Å². The van der Waals surface area contributed by atoms with Crippen LogP contribution >= 0.6 is 22.9 Å². The molecule has 212 valence electrons. The second-order valence-electron chi connectivity index (χ2n) is 10.6. The third-order valence-electron chi connectivity index (χ3n) is 7.95. The minimum Gasteiger partial charge on any atom is -0.360 e. The molecule has 0 saturated heterocycles. The summed E-state index contributed by atoms with van der Waals surface area (Å²) >= 11 is 7.66. The molecule has 43 heavy (non-hydrogen) atoms. The molecule has 1 N–H and O–H groups in total. The zero-order valence-corrected chi connectivity index (χ0v) is 24.7. The first kappa shape index (κ1) is 27.3. The molecular weight excluding hydrogens is 581 g/mol. The molecule has 0 atom stereocenters. The first-order valence-electron chi connectivity index (χ1n) is 13.9. The second-order valence-corrected chi connectivity index (χ2v) is 12.1. The minimum absolute atomic E-state index is 0.00873. The molecule has 6 aromatic rings. The molecule has 1 amide bonds. The SMILES string of the molecule is Cc1cccc(F)c1CC(=O)c1cc2c(s1)-c1ccccc1N(C(=O)c1cccc(-c3c[nH]c4ccc(Cl)cc34)n1)CC2. The van der Waals surface area contributed by atoms with E-state index in [4.69, 9.17) is 16.6 Å². The van der Waals surface area contributed by atoms with E-state index in [2.05, 4.69) is 4.98 Å². The summed E-state index contributed by atoms with van der Waals surface area (Å²) in [5.41, 5.74) is 6.66. The molecule has 1 aliphatic heterocycles. The number of amides is 1. The van der Waals surface area contributed by atoms with E-state index >= 15 is 0 Å². The van der Waals surface area contributed by atoms with Crippen LogP contribution in [-0.2, 0) is 12.8 Å². The van der Waals surface area contributed by atoms with Gasteiger partial charge in [-0.15, -0.1) is 11.3 Å². The van der Waals surface area contributed by atoms with Crippen LogP contribution in [0, 0.1) is 12.7 Å². The predicted molar refractivity (Wildman–Crippen MR) is 171 cm³/mol. The van der Waals surface area contributed by atoms with Crippen LogP contribution in [0.1, 0.15) is 36.9 Å². The maximum absolute atomic E-state index is 14.5. The summed E-state index contributed by atoms with van der Waals surface area (Å²) < 4.78 is 14.5. The Morgan fingerprint density at radius 2 is 1.84 bits per heavy atom. The number of rotatable bonds is 5. The normalized spacial score (nSPS) is 12.6. The van der Waals surface area contributed by atoms with E-state index in [0.29, 0.717) is 39.8 Å². The minimum atomic E-state index is -0.364. The molecule has 0 spiro atoms. The number of carbonyl (C=O) groups excluding carboxylic acids is 2. The highest BCUT2D eigenvalue weighted by Crippen LogP contribution is 2.42. The standard InChI is InChI=1S/C35H25ClFN3O2S/c1-20-6-4-8-27(37)24(20)18-32(41)33-16-21-14-15-40(31-11-3-2-7-23(31)34(21)43-33)35(42)30-10-5-9-29(39-30)26-19-38-28-13-12-22(36)17-25(26)28/h2-13,16-17,19,38H,14-15,18H2,1H3. The Hall–Kier alpha value is -4.59. The van der Waals surface area contributed by atoms with Crippen molar-refractivity contribution in [3.05, 3.63) is 129 Å². The fourth-order valence-corrected chi connectivity index (χ4v) is 7.08. The van der Waals surface area contributed by atoms with Gasteiger partial charge in [-0.05, 0) is 78.6 Å². The number of carbonyl (C=O) groups is 2. The zero-order valence-electron chi connectivity index (χ0n) is 23.2. The quantitative estimate of drug-likeness (QED) is 0.200. The summed E-state index contributed by atoms with van der Waals surface area (Å²) in [5.74, 6) is -0.679. The molecule has 0 fully saturated rings. The first-order valence-corrected chi connectivity index (χ1v) is 15.1. The fourth-order valence-electron chi connectivity index (χ4n) is 5.73. The van der Waals surface area contributed by atoms with Gasteiger partial charge in [0, 0.05) is 51.1 Å². The zero-order chi connectivity index (χ0) is 29.7. The van der Waals surface area contributed by atoms with Crippen molar-refractivity contribution >= 4 is 51.2 Å². The Labute approximate surface area is 256 Å². The molecular formula is C35H25ClFN3O2S. The number of Topliss-reactive ketones (excluding diaryl/α,β-unsaturated/α-hetero) is 1. The van der Waals surface area contributed by atoms with Gasteiger partial charge in [-0.2, -0.15) is 0 Å². The Morgan fingerprint density at radius 1 is 1.00 bits per heavy atom. The Balaban J connectivity index is 1.21. The Morgan fingerprint density at radius 3 is 2.70 bits per heavy atom. The number of benzene rings is 3. The highest BCUT2D eigenvalue weighted by Gasteiger charge is 2.28. The Bertz CT molecular complexity index is 2040. The number of nitrogens with zero attached hydrogens (tertiary/aromatic N) is 2. The van der Waals surface area contributed by atoms with Gasteiger partial charge in [0.05, 0.1) is 16.3 Å². The summed E-state index contributed by atoms with van der Waals surface area (Å²) in [7, 11) is 0. The van der Waals surface area contributed by atoms with E-state index in [1.807, 2.05) is 79.9 Å². The van der Waals surface area contributed by atoms with Gasteiger partial charge in [-0.25, -0.2) is 9.37 Å². The Kier molecular flexibility index (Phi) is 6.92. The van der Waals surface area contributed by atoms with Crippen LogP contribution in [0.2, 0.25) is 5.02 Å². The average Bonchev–Trinajstić information content (AvgIpc) is 3.60. The van der Waals surface area contributed by atoms with Gasteiger partial charge >= 0.3 is 0 Å². The summed E-state index contributed by atoms with van der Waals surface area (Å²) in [6, 6.07) is 25.6. The van der Waals surface area contributed by atoms with Crippen molar-refractivity contribution in [2.75, 3.05) is 11.4 Å². The van der Waals surface area contributed by atoms with Crippen LogP contribution in [0.15, 0.2) is 91.1 Å². The number of hydrogen-bond acceptors (Lipinski definition) is 4. The average molecular weight is 606 g/mol. The number of fused-ring (bicyclic) bond motifs is 4. The molecule has 7 rings (SSSR count). The van der Waals surface area contributed by atoms with Crippen LogP contribution < -0.4 is 4.90 Å². The number of H-pyrrole nitrogens is 1. The third-order valence-corrected chi connectivity index (χ3v) is 9.44. The number of aromatic nitrogens is 2. The van der Waals surface area contributed by atoms with Gasteiger partial charge in [0.2, 0.25) is 0 Å². The number of anilines is 1. The van der Waals surface area contributed by atoms with Crippen molar-refractivity contribution in [2.45, 2.75) is 19.8 Å². The van der Waals surface area contributed by atoms with E-state index in [-0.39, 0.29) is 23.9 Å². The van der Waals surface area contributed by atoms with Crippen LogP contribution in [0.25, 0.3) is 32.6 Å². The molecule has 0 unspecified atom stereocenters. The molecule has 0 saturated carbocycles. The van der Waals surface area contributed by atoms with Gasteiger partial charge in [-0.3, -0.25) is 9.59 Å². The van der Waals surface area contributed by atoms with Gasteiger partial charge in [-0.1, -0.05) is 48.0 Å². The van der Waals surface area contributed by atoms with Crippen molar-refractivity contribution in [3.63, 3.8) is 0 Å². The highest BCUT2D eigenvalue weighted by atomic mass is 35.5. The second kappa shape index (κ2) is 10.9. The van der Waals surface area contributed by atoms with Crippen LogP contribution in [0.5, 0.6) is 0 Å². The van der Waals surface area contributed by atoms with Gasteiger partial charge in [0.25, 0.3) is 5.91 Å². The van der Waals surface area contributed by atoms with Crippen molar-refractivity contribution in [3.8, 4) is 21.7 Å². The molecule has 0 radical (unpaired) electrons. The maximum Gasteiger partial charge on any atom is 0.276 e. The molecule has 0 aliphatic carbocycles. The number of halogens is 2. The number of hydrogen-bond donors (Lipinski definition) is 1. The molecule has 0 bridgehead atoms. The highest BCUT2D eigenvalue weighted by molar-refractivity contribution is 7.17. The topological polar surface area (TPSA) is 66.1 Å². The number of thiophene rings is 1. The lowest BCUT2D eigenvalue weighted by Crippen LogP contribution is -2.33. The molecule has 3 aromatic carbocycles. The fraction of sp³-hybridized carbons (Fsp3) is 0.114. The smallest absolute Gasteiger partial charge is 0.276 e. The number of pyridine rings is 1. The number of aromatic amines is 1. The monoisotopic (exact) mass is 605 g/mol. The summed E-state index contributed by atoms with van der Waals surface area (Å²) in [6.07, 6.45) is 2.46. The maximum atomic E-state index is 14.5. The number of para-hydroxylation sites is 1.